The molecule has 2 heterocycles. The van der Waals surface area contributed by atoms with E-state index in [1.807, 2.05) is 42.5 Å². The van der Waals surface area contributed by atoms with Gasteiger partial charge in [-0.2, -0.15) is 5.10 Å². The minimum absolute atomic E-state index is 0.0284. The number of aromatic amines is 2. The summed E-state index contributed by atoms with van der Waals surface area (Å²) in [7, 11) is 0. The van der Waals surface area contributed by atoms with Crippen LogP contribution in [0.5, 0.6) is 0 Å². The third-order valence-electron chi connectivity index (χ3n) is 4.35. The Morgan fingerprint density at radius 3 is 2.83 bits per heavy atom. The molecular weight excluding hydrogens is 302 g/mol. The third-order valence-corrected chi connectivity index (χ3v) is 4.35. The van der Waals surface area contributed by atoms with Crippen molar-refractivity contribution in [3.8, 4) is 11.5 Å². The van der Waals surface area contributed by atoms with Crippen molar-refractivity contribution in [2.45, 2.75) is 18.9 Å². The Kier molecular flexibility index (Phi) is 2.73. The van der Waals surface area contributed by atoms with Crippen molar-refractivity contribution >= 4 is 27.8 Å². The monoisotopic (exact) mass is 317 g/mol. The molecule has 0 radical (unpaired) electrons. The van der Waals surface area contributed by atoms with E-state index in [0.717, 1.165) is 46.3 Å². The molecule has 6 heteroatoms. The molecule has 1 aliphatic carbocycles. The Balaban J connectivity index is 1.56. The lowest BCUT2D eigenvalue weighted by molar-refractivity contribution is 0.0951. The van der Waals surface area contributed by atoms with Crippen LogP contribution in [0.1, 0.15) is 23.2 Å². The highest BCUT2D eigenvalue weighted by Crippen LogP contribution is 2.27. The minimum Gasteiger partial charge on any atom is -0.349 e. The first-order chi connectivity index (χ1) is 11.8. The zero-order valence-electron chi connectivity index (χ0n) is 12.8. The molecule has 0 bridgehead atoms. The lowest BCUT2D eigenvalue weighted by Gasteiger charge is -2.03. The van der Waals surface area contributed by atoms with Gasteiger partial charge in [-0.3, -0.25) is 9.89 Å². The molecule has 1 fully saturated rings. The number of para-hydroxylation sites is 2. The molecule has 0 unspecified atom stereocenters. The molecule has 2 aromatic carbocycles. The molecule has 0 saturated heterocycles. The highest BCUT2D eigenvalue weighted by atomic mass is 16.1. The molecule has 4 aromatic rings. The van der Waals surface area contributed by atoms with E-state index in [9.17, 15) is 4.79 Å². The second-order valence-electron chi connectivity index (χ2n) is 6.18. The number of H-pyrrole nitrogens is 2. The molecule has 6 nitrogen and oxygen atoms in total. The lowest BCUT2D eigenvalue weighted by atomic mass is 10.1. The van der Waals surface area contributed by atoms with Crippen molar-refractivity contribution in [2.75, 3.05) is 0 Å². The Morgan fingerprint density at radius 1 is 1.12 bits per heavy atom. The molecule has 0 atom stereocenters. The van der Waals surface area contributed by atoms with Crippen LogP contribution in [0.25, 0.3) is 33.5 Å². The summed E-state index contributed by atoms with van der Waals surface area (Å²) in [6.45, 7) is 0. The molecule has 0 aliphatic heterocycles. The zero-order chi connectivity index (χ0) is 16.1. The lowest BCUT2D eigenvalue weighted by Crippen LogP contribution is -2.25. The molecule has 1 aliphatic rings. The summed E-state index contributed by atoms with van der Waals surface area (Å²) in [4.78, 5) is 20.1. The average molecular weight is 317 g/mol. The fourth-order valence-corrected chi connectivity index (χ4v) is 2.90. The van der Waals surface area contributed by atoms with Gasteiger partial charge < -0.3 is 10.3 Å². The SMILES string of the molecule is O=C(NC1CC1)c1ccc2c(-c3nc4ccccc4[nH]3)n[nH]c2c1. The number of hydrogen-bond donors (Lipinski definition) is 3. The van der Waals surface area contributed by atoms with Crippen molar-refractivity contribution in [3.63, 3.8) is 0 Å². The highest BCUT2D eigenvalue weighted by Gasteiger charge is 2.24. The van der Waals surface area contributed by atoms with Crippen LogP contribution >= 0.6 is 0 Å². The van der Waals surface area contributed by atoms with Crippen molar-refractivity contribution in [1.29, 1.82) is 0 Å². The number of hydrogen-bond acceptors (Lipinski definition) is 3. The first kappa shape index (κ1) is 13.3. The minimum atomic E-state index is -0.0284. The van der Waals surface area contributed by atoms with Crippen LogP contribution in [0.3, 0.4) is 0 Å². The van der Waals surface area contributed by atoms with Gasteiger partial charge in [0.25, 0.3) is 5.91 Å². The third kappa shape index (κ3) is 2.15. The van der Waals surface area contributed by atoms with Crippen LogP contribution in [0, 0.1) is 0 Å². The highest BCUT2D eigenvalue weighted by molar-refractivity contribution is 6.00. The van der Waals surface area contributed by atoms with Gasteiger partial charge in [-0.25, -0.2) is 4.98 Å². The van der Waals surface area contributed by atoms with Gasteiger partial charge in [0.15, 0.2) is 5.82 Å². The molecule has 24 heavy (non-hydrogen) atoms. The summed E-state index contributed by atoms with van der Waals surface area (Å²) >= 11 is 0. The molecule has 1 amide bonds. The van der Waals surface area contributed by atoms with Gasteiger partial charge in [0, 0.05) is 17.0 Å². The van der Waals surface area contributed by atoms with Crippen LogP contribution in [0.4, 0.5) is 0 Å². The van der Waals surface area contributed by atoms with Gasteiger partial charge in [-0.05, 0) is 43.2 Å². The van der Waals surface area contributed by atoms with E-state index in [2.05, 4.69) is 25.5 Å². The second kappa shape index (κ2) is 4.92. The van der Waals surface area contributed by atoms with Gasteiger partial charge in [-0.1, -0.05) is 12.1 Å². The standard InChI is InChI=1S/C18H15N5O/c24-18(19-11-6-7-11)10-5-8-12-15(9-10)22-23-16(12)17-20-13-3-1-2-4-14(13)21-17/h1-5,8-9,11H,6-7H2,(H,19,24)(H,20,21)(H,22,23). The number of rotatable bonds is 3. The summed E-state index contributed by atoms with van der Waals surface area (Å²) in [6, 6.07) is 13.8. The summed E-state index contributed by atoms with van der Waals surface area (Å²) in [5.74, 6) is 0.692. The Hall–Kier alpha value is -3.15. The average Bonchev–Trinajstić information content (AvgIpc) is 3.16. The summed E-state index contributed by atoms with van der Waals surface area (Å²) in [5, 5.41) is 11.3. The number of carbonyl (C=O) groups excluding carboxylic acids is 1. The van der Waals surface area contributed by atoms with Crippen LogP contribution in [0.15, 0.2) is 42.5 Å². The van der Waals surface area contributed by atoms with Crippen molar-refractivity contribution in [1.82, 2.24) is 25.5 Å². The normalized spacial score (nSPS) is 14.3. The van der Waals surface area contributed by atoms with Crippen LogP contribution in [-0.2, 0) is 0 Å². The molecular formula is C18H15N5O. The fourth-order valence-electron chi connectivity index (χ4n) is 2.90. The number of nitrogens with zero attached hydrogens (tertiary/aromatic N) is 2. The van der Waals surface area contributed by atoms with Crippen LogP contribution in [0.2, 0.25) is 0 Å². The second-order valence-corrected chi connectivity index (χ2v) is 6.18. The van der Waals surface area contributed by atoms with E-state index in [1.54, 1.807) is 0 Å². The largest absolute Gasteiger partial charge is 0.349 e. The van der Waals surface area contributed by atoms with Crippen molar-refractivity contribution < 1.29 is 4.79 Å². The number of fused-ring (bicyclic) bond motifs is 2. The fraction of sp³-hybridized carbons (Fsp3) is 0.167. The molecule has 5 rings (SSSR count). The first-order valence-corrected chi connectivity index (χ1v) is 8.02. The van der Waals surface area contributed by atoms with E-state index >= 15 is 0 Å². The summed E-state index contributed by atoms with van der Waals surface area (Å²) in [6.07, 6.45) is 2.16. The van der Waals surface area contributed by atoms with Gasteiger partial charge >= 0.3 is 0 Å². The van der Waals surface area contributed by atoms with E-state index < -0.39 is 0 Å². The number of nitrogens with one attached hydrogen (secondary N) is 3. The quantitative estimate of drug-likeness (QED) is 0.543. The Bertz CT molecular complexity index is 1040. The Morgan fingerprint density at radius 2 is 2.00 bits per heavy atom. The smallest absolute Gasteiger partial charge is 0.251 e. The summed E-state index contributed by atoms with van der Waals surface area (Å²) < 4.78 is 0. The van der Waals surface area contributed by atoms with E-state index in [-0.39, 0.29) is 5.91 Å². The first-order valence-electron chi connectivity index (χ1n) is 8.02. The number of aromatic nitrogens is 4. The summed E-state index contributed by atoms with van der Waals surface area (Å²) in [5.41, 5.74) is 4.12. The van der Waals surface area contributed by atoms with Crippen LogP contribution < -0.4 is 5.32 Å². The van der Waals surface area contributed by atoms with Crippen molar-refractivity contribution in [3.05, 3.63) is 48.0 Å². The maximum Gasteiger partial charge on any atom is 0.251 e. The van der Waals surface area contributed by atoms with E-state index in [0.29, 0.717) is 11.6 Å². The number of carbonyl (C=O) groups is 1. The van der Waals surface area contributed by atoms with Gasteiger partial charge in [0.2, 0.25) is 0 Å². The Labute approximate surface area is 137 Å². The van der Waals surface area contributed by atoms with E-state index in [4.69, 9.17) is 0 Å². The van der Waals surface area contributed by atoms with Gasteiger partial charge in [0.1, 0.15) is 5.69 Å². The van der Waals surface area contributed by atoms with E-state index in [1.165, 1.54) is 0 Å². The predicted molar refractivity (Wildman–Crippen MR) is 91.7 cm³/mol. The van der Waals surface area contributed by atoms with Gasteiger partial charge in [-0.15, -0.1) is 0 Å². The predicted octanol–water partition coefficient (Wildman–Crippen LogP) is 3.00. The van der Waals surface area contributed by atoms with Crippen LogP contribution in [-0.4, -0.2) is 32.1 Å². The molecule has 0 spiro atoms. The van der Waals surface area contributed by atoms with Gasteiger partial charge in [0.05, 0.1) is 16.6 Å². The topological polar surface area (TPSA) is 86.5 Å². The zero-order valence-corrected chi connectivity index (χ0v) is 12.8. The molecule has 1 saturated carbocycles. The molecule has 3 N–H and O–H groups in total. The maximum absolute atomic E-state index is 12.2. The maximum atomic E-state index is 12.2. The number of amides is 1. The molecule has 2 aromatic heterocycles. The number of benzene rings is 2. The van der Waals surface area contributed by atoms with Crippen molar-refractivity contribution in [2.24, 2.45) is 0 Å². The molecule has 118 valence electrons. The number of imidazole rings is 1.